The molecule has 0 radical (unpaired) electrons. The van der Waals surface area contributed by atoms with Crippen molar-refractivity contribution in [3.05, 3.63) is 23.2 Å². The molecule has 1 fully saturated rings. The van der Waals surface area contributed by atoms with Gasteiger partial charge in [0.2, 0.25) is 0 Å². The predicted molar refractivity (Wildman–Crippen MR) is 86.9 cm³/mol. The van der Waals surface area contributed by atoms with E-state index in [0.717, 1.165) is 35.4 Å². The maximum Gasteiger partial charge on any atom is 0.142 e. The van der Waals surface area contributed by atoms with Gasteiger partial charge >= 0.3 is 0 Å². The van der Waals surface area contributed by atoms with E-state index in [1.54, 1.807) is 0 Å². The fourth-order valence-corrected chi connectivity index (χ4v) is 2.98. The molecule has 0 heterocycles. The Labute approximate surface area is 127 Å². The molecule has 20 heavy (non-hydrogen) atoms. The van der Waals surface area contributed by atoms with Gasteiger partial charge in [-0.25, -0.2) is 0 Å². The van der Waals surface area contributed by atoms with Gasteiger partial charge in [-0.1, -0.05) is 38.3 Å². The second-order valence-electron chi connectivity index (χ2n) is 5.94. The van der Waals surface area contributed by atoms with Gasteiger partial charge in [0.25, 0.3) is 0 Å². The number of anilines is 1. The van der Waals surface area contributed by atoms with Crippen molar-refractivity contribution in [3.8, 4) is 5.75 Å². The standard InChI is InChI=1S/C17H26ClNO/c1-3-11-20-17-10-8-14(18)12-16(17)19-15-6-4-5-13(2)7-9-15/h8,10,12-13,15,19H,3-7,9,11H2,1-2H3. The lowest BCUT2D eigenvalue weighted by Gasteiger charge is -2.20. The molecular weight excluding hydrogens is 270 g/mol. The van der Waals surface area contributed by atoms with Crippen molar-refractivity contribution >= 4 is 17.3 Å². The highest BCUT2D eigenvalue weighted by Crippen LogP contribution is 2.31. The highest BCUT2D eigenvalue weighted by Gasteiger charge is 2.17. The number of nitrogens with one attached hydrogen (secondary N) is 1. The third-order valence-electron chi connectivity index (χ3n) is 4.02. The molecule has 0 aromatic heterocycles. The summed E-state index contributed by atoms with van der Waals surface area (Å²) in [5.74, 6) is 1.78. The van der Waals surface area contributed by atoms with Crippen LogP contribution in [0.25, 0.3) is 0 Å². The minimum Gasteiger partial charge on any atom is -0.491 e. The van der Waals surface area contributed by atoms with Crippen LogP contribution < -0.4 is 10.1 Å². The predicted octanol–water partition coefficient (Wildman–Crippen LogP) is 5.51. The topological polar surface area (TPSA) is 21.3 Å². The first-order valence-corrected chi connectivity index (χ1v) is 8.25. The van der Waals surface area contributed by atoms with Gasteiger partial charge in [-0.05, 0) is 49.8 Å². The largest absolute Gasteiger partial charge is 0.491 e. The van der Waals surface area contributed by atoms with Crippen LogP contribution in [0.3, 0.4) is 0 Å². The molecule has 112 valence electrons. The fourth-order valence-electron chi connectivity index (χ4n) is 2.80. The van der Waals surface area contributed by atoms with Gasteiger partial charge in [-0.15, -0.1) is 0 Å². The van der Waals surface area contributed by atoms with Crippen LogP contribution in [0.5, 0.6) is 5.75 Å². The summed E-state index contributed by atoms with van der Waals surface area (Å²) in [6.45, 7) is 5.23. The second kappa shape index (κ2) is 7.78. The van der Waals surface area contributed by atoms with Gasteiger partial charge in [0.1, 0.15) is 5.75 Å². The lowest BCUT2D eigenvalue weighted by molar-refractivity contribution is 0.318. The van der Waals surface area contributed by atoms with E-state index in [1.165, 1.54) is 32.1 Å². The summed E-state index contributed by atoms with van der Waals surface area (Å²) in [6, 6.07) is 6.40. The lowest BCUT2D eigenvalue weighted by Crippen LogP contribution is -2.19. The summed E-state index contributed by atoms with van der Waals surface area (Å²) in [5, 5.41) is 4.41. The van der Waals surface area contributed by atoms with Crippen molar-refractivity contribution in [2.45, 2.75) is 58.4 Å². The number of halogens is 1. The van der Waals surface area contributed by atoms with Gasteiger partial charge in [0.15, 0.2) is 0 Å². The molecule has 0 amide bonds. The SMILES string of the molecule is CCCOc1ccc(Cl)cc1NC1CCCC(C)CC1. The van der Waals surface area contributed by atoms with Crippen LogP contribution in [0.15, 0.2) is 18.2 Å². The van der Waals surface area contributed by atoms with E-state index < -0.39 is 0 Å². The number of benzene rings is 1. The molecule has 2 nitrogen and oxygen atoms in total. The molecule has 0 bridgehead atoms. The Kier molecular flexibility index (Phi) is 6.03. The van der Waals surface area contributed by atoms with E-state index in [9.17, 15) is 0 Å². The number of hydrogen-bond donors (Lipinski definition) is 1. The highest BCUT2D eigenvalue weighted by atomic mass is 35.5. The Balaban J connectivity index is 2.04. The van der Waals surface area contributed by atoms with Crippen LogP contribution in [-0.4, -0.2) is 12.6 Å². The van der Waals surface area contributed by atoms with Crippen molar-refractivity contribution in [1.82, 2.24) is 0 Å². The molecule has 2 rings (SSSR count). The summed E-state index contributed by atoms with van der Waals surface area (Å²) >= 11 is 6.13. The summed E-state index contributed by atoms with van der Waals surface area (Å²) in [4.78, 5) is 0. The maximum atomic E-state index is 6.13. The first kappa shape index (κ1) is 15.5. The number of hydrogen-bond acceptors (Lipinski definition) is 2. The summed E-state index contributed by atoms with van der Waals surface area (Å²) < 4.78 is 5.81. The molecule has 0 aliphatic heterocycles. The Hall–Kier alpha value is -0.890. The quantitative estimate of drug-likeness (QED) is 0.723. The molecular formula is C17H26ClNO. The Morgan fingerprint density at radius 2 is 2.10 bits per heavy atom. The third-order valence-corrected chi connectivity index (χ3v) is 4.26. The monoisotopic (exact) mass is 295 g/mol. The molecule has 1 N–H and O–H groups in total. The van der Waals surface area contributed by atoms with E-state index in [4.69, 9.17) is 16.3 Å². The smallest absolute Gasteiger partial charge is 0.142 e. The van der Waals surface area contributed by atoms with Crippen molar-refractivity contribution in [1.29, 1.82) is 0 Å². The Bertz CT molecular complexity index is 421. The molecule has 2 atom stereocenters. The van der Waals surface area contributed by atoms with Crippen molar-refractivity contribution in [2.75, 3.05) is 11.9 Å². The highest BCUT2D eigenvalue weighted by molar-refractivity contribution is 6.30. The molecule has 1 aliphatic carbocycles. The van der Waals surface area contributed by atoms with E-state index >= 15 is 0 Å². The van der Waals surface area contributed by atoms with Gasteiger partial charge in [-0.3, -0.25) is 0 Å². The summed E-state index contributed by atoms with van der Waals surface area (Å²) in [7, 11) is 0. The third kappa shape index (κ3) is 4.59. The molecule has 2 unspecified atom stereocenters. The molecule has 1 aromatic rings. The van der Waals surface area contributed by atoms with Crippen molar-refractivity contribution in [2.24, 2.45) is 5.92 Å². The first-order chi connectivity index (χ1) is 9.69. The van der Waals surface area contributed by atoms with Crippen molar-refractivity contribution in [3.63, 3.8) is 0 Å². The molecule has 0 spiro atoms. The zero-order valence-corrected chi connectivity index (χ0v) is 13.4. The number of rotatable bonds is 5. The van der Waals surface area contributed by atoms with Crippen LogP contribution in [0.1, 0.15) is 52.4 Å². The van der Waals surface area contributed by atoms with Gasteiger partial charge < -0.3 is 10.1 Å². The normalized spacial score (nSPS) is 23.1. The average molecular weight is 296 g/mol. The number of ether oxygens (including phenoxy) is 1. The van der Waals surface area contributed by atoms with Crippen LogP contribution in [0.2, 0.25) is 5.02 Å². The van der Waals surface area contributed by atoms with Gasteiger partial charge in [-0.2, -0.15) is 0 Å². The Morgan fingerprint density at radius 3 is 2.90 bits per heavy atom. The minimum absolute atomic E-state index is 0.544. The first-order valence-electron chi connectivity index (χ1n) is 7.88. The molecule has 1 saturated carbocycles. The van der Waals surface area contributed by atoms with Crippen LogP contribution >= 0.6 is 11.6 Å². The van der Waals surface area contributed by atoms with Crippen LogP contribution in [0, 0.1) is 5.92 Å². The second-order valence-corrected chi connectivity index (χ2v) is 6.38. The molecule has 1 aromatic carbocycles. The van der Waals surface area contributed by atoms with Crippen molar-refractivity contribution < 1.29 is 4.74 Å². The van der Waals surface area contributed by atoms with E-state index in [1.807, 2.05) is 18.2 Å². The maximum absolute atomic E-state index is 6.13. The van der Waals surface area contributed by atoms with Gasteiger partial charge in [0.05, 0.1) is 12.3 Å². The summed E-state index contributed by atoms with van der Waals surface area (Å²) in [5.41, 5.74) is 1.05. The zero-order chi connectivity index (χ0) is 14.4. The van der Waals surface area contributed by atoms with E-state index in [-0.39, 0.29) is 0 Å². The Morgan fingerprint density at radius 1 is 1.25 bits per heavy atom. The zero-order valence-electron chi connectivity index (χ0n) is 12.6. The average Bonchev–Trinajstić information content (AvgIpc) is 2.63. The lowest BCUT2D eigenvalue weighted by atomic mass is 10.0. The van der Waals surface area contributed by atoms with Crippen LogP contribution in [-0.2, 0) is 0 Å². The van der Waals surface area contributed by atoms with Crippen LogP contribution in [0.4, 0.5) is 5.69 Å². The van der Waals surface area contributed by atoms with Gasteiger partial charge in [0, 0.05) is 11.1 Å². The minimum atomic E-state index is 0.544. The van der Waals surface area contributed by atoms with E-state index in [0.29, 0.717) is 6.04 Å². The molecule has 0 saturated heterocycles. The molecule has 3 heteroatoms. The fraction of sp³-hybridized carbons (Fsp3) is 0.647. The molecule has 1 aliphatic rings. The van der Waals surface area contributed by atoms with E-state index in [2.05, 4.69) is 19.2 Å². The summed E-state index contributed by atoms with van der Waals surface area (Å²) in [6.07, 6.45) is 7.47.